The van der Waals surface area contributed by atoms with Crippen molar-refractivity contribution < 1.29 is 14.3 Å². The van der Waals surface area contributed by atoms with E-state index in [1.807, 2.05) is 19.1 Å². The van der Waals surface area contributed by atoms with Gasteiger partial charge in [0.1, 0.15) is 0 Å². The summed E-state index contributed by atoms with van der Waals surface area (Å²) in [5.41, 5.74) is -0.969. The van der Waals surface area contributed by atoms with Crippen LogP contribution in [0.2, 0.25) is 0 Å². The fourth-order valence-corrected chi connectivity index (χ4v) is 2.78. The Labute approximate surface area is 105 Å². The summed E-state index contributed by atoms with van der Waals surface area (Å²) in [6, 6.07) is 6.95. The Kier molecular flexibility index (Phi) is 2.14. The van der Waals surface area contributed by atoms with Gasteiger partial charge in [0.15, 0.2) is 22.8 Å². The predicted octanol–water partition coefficient (Wildman–Crippen LogP) is 2.56. The minimum Gasteiger partial charge on any atom is -0.345 e. The summed E-state index contributed by atoms with van der Waals surface area (Å²) >= 11 is 0. The van der Waals surface area contributed by atoms with E-state index < -0.39 is 11.2 Å². The lowest BCUT2D eigenvalue weighted by molar-refractivity contribution is 0.0847. The standard InChI is InChI=1S/C15H14O3/c1-3-4-9-15-13(17)11-8-6-5-7-10(11)12(16)14(15,2)18-15/h3-8H,9H2,1-2H3. The van der Waals surface area contributed by atoms with E-state index in [-0.39, 0.29) is 11.6 Å². The highest BCUT2D eigenvalue weighted by atomic mass is 16.6. The minimum atomic E-state index is -0.974. The molecule has 3 heteroatoms. The van der Waals surface area contributed by atoms with E-state index >= 15 is 0 Å². The third-order valence-corrected chi connectivity index (χ3v) is 3.96. The Morgan fingerprint density at radius 3 is 2.39 bits per heavy atom. The maximum Gasteiger partial charge on any atom is 0.199 e. The molecule has 0 bridgehead atoms. The molecule has 1 heterocycles. The van der Waals surface area contributed by atoms with E-state index in [1.54, 1.807) is 31.2 Å². The van der Waals surface area contributed by atoms with Crippen molar-refractivity contribution in [2.24, 2.45) is 0 Å². The van der Waals surface area contributed by atoms with Gasteiger partial charge in [0.2, 0.25) is 0 Å². The lowest BCUT2D eigenvalue weighted by Crippen LogP contribution is -2.43. The van der Waals surface area contributed by atoms with Crippen LogP contribution in [0.5, 0.6) is 0 Å². The zero-order valence-corrected chi connectivity index (χ0v) is 10.4. The molecule has 0 aromatic heterocycles. The van der Waals surface area contributed by atoms with E-state index in [0.29, 0.717) is 17.5 Å². The monoisotopic (exact) mass is 242 g/mol. The van der Waals surface area contributed by atoms with Gasteiger partial charge in [-0.05, 0) is 13.8 Å². The third-order valence-electron chi connectivity index (χ3n) is 3.96. The number of epoxide rings is 1. The van der Waals surface area contributed by atoms with E-state index in [9.17, 15) is 9.59 Å². The number of ether oxygens (including phenoxy) is 1. The molecule has 0 N–H and O–H groups in total. The van der Waals surface area contributed by atoms with Crippen molar-refractivity contribution >= 4 is 11.6 Å². The molecule has 92 valence electrons. The highest BCUT2D eigenvalue weighted by Gasteiger charge is 2.77. The van der Waals surface area contributed by atoms with Crippen LogP contribution in [0, 0.1) is 0 Å². The van der Waals surface area contributed by atoms with Gasteiger partial charge in [-0.3, -0.25) is 9.59 Å². The van der Waals surface area contributed by atoms with Crippen molar-refractivity contribution in [2.75, 3.05) is 0 Å². The van der Waals surface area contributed by atoms with E-state index in [0.717, 1.165) is 0 Å². The van der Waals surface area contributed by atoms with Gasteiger partial charge >= 0.3 is 0 Å². The van der Waals surface area contributed by atoms with Crippen LogP contribution in [0.4, 0.5) is 0 Å². The average molecular weight is 242 g/mol. The van der Waals surface area contributed by atoms with Crippen molar-refractivity contribution in [1.82, 2.24) is 0 Å². The molecule has 1 aliphatic heterocycles. The second kappa shape index (κ2) is 3.39. The number of fused-ring (bicyclic) bond motifs is 2. The molecule has 2 unspecified atom stereocenters. The van der Waals surface area contributed by atoms with Crippen LogP contribution in [0.15, 0.2) is 36.4 Å². The first-order valence-corrected chi connectivity index (χ1v) is 6.07. The summed E-state index contributed by atoms with van der Waals surface area (Å²) < 4.78 is 5.61. The van der Waals surface area contributed by atoms with Gasteiger partial charge in [-0.25, -0.2) is 0 Å². The molecule has 2 atom stereocenters. The SMILES string of the molecule is CC=CCC12OC1(C)C(=O)c1ccccc1C2=O. The smallest absolute Gasteiger partial charge is 0.199 e. The molecule has 3 rings (SSSR count). The Morgan fingerprint density at radius 2 is 1.78 bits per heavy atom. The summed E-state index contributed by atoms with van der Waals surface area (Å²) in [6.07, 6.45) is 4.21. The third kappa shape index (κ3) is 1.12. The van der Waals surface area contributed by atoms with Crippen molar-refractivity contribution in [3.63, 3.8) is 0 Å². The summed E-state index contributed by atoms with van der Waals surface area (Å²) in [5.74, 6) is -0.152. The number of allylic oxidation sites excluding steroid dienone is 1. The minimum absolute atomic E-state index is 0.0710. The fraction of sp³-hybridized carbons (Fsp3) is 0.333. The summed E-state index contributed by atoms with van der Waals surface area (Å²) in [6.45, 7) is 3.60. The lowest BCUT2D eigenvalue weighted by Gasteiger charge is -2.21. The van der Waals surface area contributed by atoms with Crippen LogP contribution >= 0.6 is 0 Å². The molecular weight excluding hydrogens is 228 g/mol. The van der Waals surface area contributed by atoms with Gasteiger partial charge in [0.05, 0.1) is 0 Å². The maximum atomic E-state index is 12.5. The number of rotatable bonds is 2. The Balaban J connectivity index is 2.15. The first kappa shape index (κ1) is 11.4. The molecule has 0 spiro atoms. The van der Waals surface area contributed by atoms with Gasteiger partial charge in [-0.2, -0.15) is 0 Å². The number of hydrogen-bond acceptors (Lipinski definition) is 3. The van der Waals surface area contributed by atoms with Crippen LogP contribution in [0.25, 0.3) is 0 Å². The normalized spacial score (nSPS) is 33.4. The molecule has 1 aromatic carbocycles. The van der Waals surface area contributed by atoms with Crippen molar-refractivity contribution in [3.05, 3.63) is 47.5 Å². The summed E-state index contributed by atoms with van der Waals surface area (Å²) in [7, 11) is 0. The number of benzene rings is 1. The van der Waals surface area contributed by atoms with E-state index in [2.05, 4.69) is 0 Å². The van der Waals surface area contributed by atoms with Crippen LogP contribution in [0.3, 0.4) is 0 Å². The zero-order chi connectivity index (χ0) is 13.0. The Bertz CT molecular complexity index is 587. The zero-order valence-electron chi connectivity index (χ0n) is 10.4. The first-order chi connectivity index (χ1) is 8.57. The second-order valence-corrected chi connectivity index (χ2v) is 4.94. The highest BCUT2D eigenvalue weighted by molar-refractivity contribution is 6.25. The van der Waals surface area contributed by atoms with Crippen LogP contribution in [-0.4, -0.2) is 22.8 Å². The van der Waals surface area contributed by atoms with Gasteiger partial charge in [-0.15, -0.1) is 0 Å². The molecule has 1 saturated heterocycles. The van der Waals surface area contributed by atoms with Gasteiger partial charge in [0, 0.05) is 17.5 Å². The van der Waals surface area contributed by atoms with Crippen LogP contribution in [0.1, 0.15) is 41.0 Å². The summed E-state index contributed by atoms with van der Waals surface area (Å²) in [4.78, 5) is 24.9. The molecule has 1 fully saturated rings. The average Bonchev–Trinajstić information content (AvgIpc) is 3.03. The number of Topliss-reactive ketones (excluding diaryl/α,β-unsaturated/α-hetero) is 2. The second-order valence-electron chi connectivity index (χ2n) is 4.94. The number of carbonyl (C=O) groups is 2. The summed E-state index contributed by atoms with van der Waals surface area (Å²) in [5, 5.41) is 0. The van der Waals surface area contributed by atoms with Gasteiger partial charge < -0.3 is 4.74 Å². The van der Waals surface area contributed by atoms with Crippen molar-refractivity contribution in [2.45, 2.75) is 31.5 Å². The van der Waals surface area contributed by atoms with Crippen LogP contribution in [-0.2, 0) is 4.74 Å². The molecule has 1 aromatic rings. The Hall–Kier alpha value is -1.74. The maximum absolute atomic E-state index is 12.5. The van der Waals surface area contributed by atoms with E-state index in [1.165, 1.54) is 0 Å². The molecule has 1 aliphatic carbocycles. The lowest BCUT2D eigenvalue weighted by atomic mass is 9.73. The van der Waals surface area contributed by atoms with Crippen molar-refractivity contribution in [3.8, 4) is 0 Å². The van der Waals surface area contributed by atoms with E-state index in [4.69, 9.17) is 4.74 Å². The number of hydrogen-bond donors (Lipinski definition) is 0. The van der Waals surface area contributed by atoms with Crippen molar-refractivity contribution in [1.29, 1.82) is 0 Å². The first-order valence-electron chi connectivity index (χ1n) is 6.07. The molecule has 18 heavy (non-hydrogen) atoms. The molecule has 0 radical (unpaired) electrons. The quantitative estimate of drug-likeness (QED) is 0.591. The largest absolute Gasteiger partial charge is 0.345 e. The van der Waals surface area contributed by atoms with Gasteiger partial charge in [0.25, 0.3) is 0 Å². The van der Waals surface area contributed by atoms with Crippen LogP contribution < -0.4 is 0 Å². The molecule has 3 nitrogen and oxygen atoms in total. The molecule has 0 saturated carbocycles. The molecule has 0 amide bonds. The topological polar surface area (TPSA) is 46.7 Å². The molecule has 2 aliphatic rings. The number of ketones is 2. The van der Waals surface area contributed by atoms with Gasteiger partial charge in [-0.1, -0.05) is 36.4 Å². The number of carbonyl (C=O) groups excluding carboxylic acids is 2. The molecular formula is C15H14O3. The predicted molar refractivity (Wildman–Crippen MR) is 66.8 cm³/mol. The fourth-order valence-electron chi connectivity index (χ4n) is 2.78. The Morgan fingerprint density at radius 1 is 1.17 bits per heavy atom. The highest BCUT2D eigenvalue weighted by Crippen LogP contribution is 2.57.